The van der Waals surface area contributed by atoms with Crippen LogP contribution in [0.5, 0.6) is 11.5 Å². The third kappa shape index (κ3) is 6.19. The molecule has 2 rings (SSSR count). The summed E-state index contributed by atoms with van der Waals surface area (Å²) in [5.74, 6) is 0.116. The Kier molecular flexibility index (Phi) is 7.62. The molecular weight excluding hydrogens is 436 g/mol. The minimum absolute atomic E-state index is 0.111. The van der Waals surface area contributed by atoms with Crippen LogP contribution in [0, 0.1) is 13.8 Å². The van der Waals surface area contributed by atoms with Gasteiger partial charge in [0.25, 0.3) is 0 Å². The molecule has 0 spiro atoms. The van der Waals surface area contributed by atoms with E-state index >= 15 is 0 Å². The van der Waals surface area contributed by atoms with E-state index in [1.54, 1.807) is 30.3 Å². The van der Waals surface area contributed by atoms with Gasteiger partial charge >= 0.3 is 5.97 Å². The van der Waals surface area contributed by atoms with E-state index in [1.165, 1.54) is 19.9 Å². The van der Waals surface area contributed by atoms with Crippen LogP contribution < -0.4 is 9.47 Å². The number of carbonyl (C=O) groups is 2. The first-order valence-electron chi connectivity index (χ1n) is 9.19. The maximum atomic E-state index is 12.4. The number of aliphatic carboxylic acids is 1. The molecule has 6 heteroatoms. The van der Waals surface area contributed by atoms with Gasteiger partial charge in [-0.25, -0.2) is 4.79 Å². The molecule has 154 valence electrons. The Hall–Kier alpha value is -2.60. The van der Waals surface area contributed by atoms with Gasteiger partial charge in [0.05, 0.1) is 6.61 Å². The molecule has 0 atom stereocenters. The molecule has 0 fully saturated rings. The second kappa shape index (κ2) is 9.74. The predicted octanol–water partition coefficient (Wildman–Crippen LogP) is 5.22. The van der Waals surface area contributed by atoms with Crippen molar-refractivity contribution in [2.75, 3.05) is 11.9 Å². The number of hydrogen-bond acceptors (Lipinski definition) is 4. The molecule has 0 saturated carbocycles. The zero-order chi connectivity index (χ0) is 21.6. The number of carbonyl (C=O) groups excluding carboxylic acids is 1. The maximum Gasteiger partial charge on any atom is 0.347 e. The second-order valence-corrected chi connectivity index (χ2v) is 7.95. The average Bonchev–Trinajstić information content (AvgIpc) is 2.67. The highest BCUT2D eigenvalue weighted by Gasteiger charge is 2.30. The third-order valence-corrected chi connectivity index (χ3v) is 4.59. The van der Waals surface area contributed by atoms with Gasteiger partial charge in [-0.3, -0.25) is 4.79 Å². The van der Waals surface area contributed by atoms with Crippen LogP contribution in [0.1, 0.15) is 40.9 Å². The molecule has 5 nitrogen and oxygen atoms in total. The number of ketones is 1. The van der Waals surface area contributed by atoms with E-state index < -0.39 is 11.6 Å². The van der Waals surface area contributed by atoms with Crippen LogP contribution in [-0.4, -0.2) is 34.4 Å². The highest BCUT2D eigenvalue weighted by molar-refractivity contribution is 9.09. The van der Waals surface area contributed by atoms with E-state index in [2.05, 4.69) is 15.9 Å². The van der Waals surface area contributed by atoms with Gasteiger partial charge in [-0.15, -0.1) is 0 Å². The number of rotatable bonds is 9. The van der Waals surface area contributed by atoms with Gasteiger partial charge in [-0.05, 0) is 86.9 Å². The van der Waals surface area contributed by atoms with Crippen molar-refractivity contribution >= 4 is 33.8 Å². The fourth-order valence-corrected chi connectivity index (χ4v) is 2.84. The lowest BCUT2D eigenvalue weighted by atomic mass is 10.0. The van der Waals surface area contributed by atoms with E-state index in [9.17, 15) is 14.7 Å². The van der Waals surface area contributed by atoms with E-state index in [4.69, 9.17) is 9.47 Å². The van der Waals surface area contributed by atoms with Crippen LogP contribution >= 0.6 is 15.9 Å². The number of allylic oxidation sites excluding steroid dienone is 1. The number of ether oxygens (including phenoxy) is 2. The number of hydrogen-bond donors (Lipinski definition) is 1. The summed E-state index contributed by atoms with van der Waals surface area (Å²) in [6, 6.07) is 10.7. The lowest BCUT2D eigenvalue weighted by Gasteiger charge is -2.24. The number of benzene rings is 2. The highest BCUT2D eigenvalue weighted by Crippen LogP contribution is 2.29. The van der Waals surface area contributed by atoms with E-state index in [0.717, 1.165) is 27.8 Å². The predicted molar refractivity (Wildman–Crippen MR) is 117 cm³/mol. The number of carboxylic acids is 1. The number of halogens is 1. The van der Waals surface area contributed by atoms with Crippen molar-refractivity contribution in [1.82, 2.24) is 0 Å². The van der Waals surface area contributed by atoms with Gasteiger partial charge in [-0.2, -0.15) is 0 Å². The average molecular weight is 461 g/mol. The first-order chi connectivity index (χ1) is 13.6. The first kappa shape index (κ1) is 22.7. The van der Waals surface area contributed by atoms with Crippen LogP contribution in [0.4, 0.5) is 0 Å². The number of alkyl halides is 1. The summed E-state index contributed by atoms with van der Waals surface area (Å²) in [6.07, 6.45) is 3.26. The second-order valence-electron chi connectivity index (χ2n) is 7.16. The molecule has 0 bridgehead atoms. The Morgan fingerprint density at radius 1 is 1.10 bits per heavy atom. The maximum absolute atomic E-state index is 12.4. The Morgan fingerprint density at radius 2 is 1.69 bits per heavy atom. The third-order valence-electron chi connectivity index (χ3n) is 4.27. The van der Waals surface area contributed by atoms with Crippen molar-refractivity contribution in [3.63, 3.8) is 0 Å². The molecule has 0 unspecified atom stereocenters. The van der Waals surface area contributed by atoms with Crippen molar-refractivity contribution in [1.29, 1.82) is 0 Å². The topological polar surface area (TPSA) is 72.8 Å². The summed E-state index contributed by atoms with van der Waals surface area (Å²) in [5.41, 5.74) is 1.70. The first-order valence-corrected chi connectivity index (χ1v) is 10.3. The van der Waals surface area contributed by atoms with Crippen LogP contribution in [0.3, 0.4) is 0 Å². The zero-order valence-corrected chi connectivity index (χ0v) is 18.6. The Bertz CT molecular complexity index is 890. The Balaban J connectivity index is 2.14. The van der Waals surface area contributed by atoms with E-state index in [0.29, 0.717) is 17.9 Å². The molecule has 0 aliphatic carbocycles. The molecule has 0 aliphatic rings. The van der Waals surface area contributed by atoms with E-state index in [-0.39, 0.29) is 5.78 Å². The van der Waals surface area contributed by atoms with Gasteiger partial charge < -0.3 is 14.6 Å². The fraction of sp³-hybridized carbons (Fsp3) is 0.304. The lowest BCUT2D eigenvalue weighted by molar-refractivity contribution is -0.152. The molecule has 0 amide bonds. The summed E-state index contributed by atoms with van der Waals surface area (Å²) >= 11 is 3.30. The molecular formula is C23H25BrO5. The molecule has 29 heavy (non-hydrogen) atoms. The van der Waals surface area contributed by atoms with Gasteiger partial charge in [0.2, 0.25) is 0 Å². The van der Waals surface area contributed by atoms with Gasteiger partial charge in [0.1, 0.15) is 11.5 Å². The van der Waals surface area contributed by atoms with Gasteiger partial charge in [0, 0.05) is 10.9 Å². The Labute approximate surface area is 179 Å². The molecule has 2 aromatic rings. The normalized spacial score (nSPS) is 11.5. The molecule has 0 saturated heterocycles. The van der Waals surface area contributed by atoms with Crippen molar-refractivity contribution in [2.45, 2.75) is 33.3 Å². The van der Waals surface area contributed by atoms with Gasteiger partial charge in [0.15, 0.2) is 11.4 Å². The summed E-state index contributed by atoms with van der Waals surface area (Å²) in [7, 11) is 0. The standard InChI is InChI=1S/C23H25BrO5/c1-15-13-17(14-16(2)21(15)29-23(3,4)22(26)27)5-10-20(25)18-6-8-19(9-7-18)28-12-11-24/h5-10,13-14H,11-12H2,1-4H3,(H,26,27)/b10-5+. The summed E-state index contributed by atoms with van der Waals surface area (Å²) in [6.45, 7) is 7.29. The van der Waals surface area contributed by atoms with E-state index in [1.807, 2.05) is 26.0 Å². The largest absolute Gasteiger partial charge is 0.493 e. The Morgan fingerprint density at radius 3 is 2.21 bits per heavy atom. The molecule has 0 heterocycles. The van der Waals surface area contributed by atoms with Crippen LogP contribution in [0.25, 0.3) is 6.08 Å². The summed E-state index contributed by atoms with van der Waals surface area (Å²) in [4.78, 5) is 23.7. The highest BCUT2D eigenvalue weighted by atomic mass is 79.9. The monoisotopic (exact) mass is 460 g/mol. The minimum Gasteiger partial charge on any atom is -0.493 e. The number of aryl methyl sites for hydroxylation is 2. The minimum atomic E-state index is -1.33. The van der Waals surface area contributed by atoms with Crippen LogP contribution in [0.15, 0.2) is 42.5 Å². The molecule has 0 radical (unpaired) electrons. The SMILES string of the molecule is Cc1cc(/C=C/C(=O)c2ccc(OCCBr)cc2)cc(C)c1OC(C)(C)C(=O)O. The van der Waals surface area contributed by atoms with Crippen molar-refractivity contribution in [2.24, 2.45) is 0 Å². The quantitative estimate of drug-likeness (QED) is 0.315. The van der Waals surface area contributed by atoms with Crippen molar-refractivity contribution < 1.29 is 24.2 Å². The van der Waals surface area contributed by atoms with Crippen molar-refractivity contribution in [3.8, 4) is 11.5 Å². The lowest BCUT2D eigenvalue weighted by Crippen LogP contribution is -2.38. The van der Waals surface area contributed by atoms with Crippen molar-refractivity contribution in [3.05, 3.63) is 64.7 Å². The summed E-state index contributed by atoms with van der Waals surface area (Å²) < 4.78 is 11.2. The number of carboxylic acid groups (broad SMARTS) is 1. The zero-order valence-electron chi connectivity index (χ0n) is 17.0. The molecule has 2 aromatic carbocycles. The molecule has 0 aromatic heterocycles. The van der Waals surface area contributed by atoms with Gasteiger partial charge in [-0.1, -0.05) is 22.0 Å². The summed E-state index contributed by atoms with van der Waals surface area (Å²) in [5, 5.41) is 10.0. The van der Waals surface area contributed by atoms with Crippen LogP contribution in [0.2, 0.25) is 0 Å². The fourth-order valence-electron chi connectivity index (χ4n) is 2.68. The smallest absolute Gasteiger partial charge is 0.347 e. The molecule has 0 aliphatic heterocycles. The molecule has 1 N–H and O–H groups in total. The van der Waals surface area contributed by atoms with Crippen LogP contribution in [-0.2, 0) is 4.79 Å².